The van der Waals surface area contributed by atoms with Gasteiger partial charge in [-0.05, 0) is 12.6 Å². The van der Waals surface area contributed by atoms with Gasteiger partial charge in [0.1, 0.15) is 6.04 Å². The highest BCUT2D eigenvalue weighted by Crippen LogP contribution is 2.35. The fraction of sp³-hybridized carbons (Fsp3) is 0.286. The van der Waals surface area contributed by atoms with Crippen molar-refractivity contribution in [3.8, 4) is 0 Å². The lowest BCUT2D eigenvalue weighted by molar-refractivity contribution is -0.384. The lowest BCUT2D eigenvalue weighted by Gasteiger charge is -2.28. The van der Waals surface area contributed by atoms with Crippen molar-refractivity contribution < 1.29 is 9.72 Å². The van der Waals surface area contributed by atoms with Gasteiger partial charge < -0.3 is 20.9 Å². The molecule has 1 unspecified atom stereocenters. The van der Waals surface area contributed by atoms with E-state index in [0.29, 0.717) is 24.3 Å². The monoisotopic (exact) mass is 316 g/mol. The second-order valence-corrected chi connectivity index (χ2v) is 5.28. The quantitative estimate of drug-likeness (QED) is 0.482. The highest BCUT2D eigenvalue weighted by molar-refractivity contribution is 6.04. The molecule has 0 radical (unpaired) electrons. The van der Waals surface area contributed by atoms with Crippen LogP contribution in [0.3, 0.4) is 0 Å². The van der Waals surface area contributed by atoms with E-state index in [0.717, 1.165) is 11.3 Å². The minimum atomic E-state index is -0.472. The number of nitrogens with one attached hydrogen (secondary N) is 4. The van der Waals surface area contributed by atoms with E-state index < -0.39 is 11.0 Å². The summed E-state index contributed by atoms with van der Waals surface area (Å²) in [4.78, 5) is 29.7. The van der Waals surface area contributed by atoms with E-state index in [9.17, 15) is 14.9 Å². The van der Waals surface area contributed by atoms with Crippen molar-refractivity contribution in [3.63, 3.8) is 0 Å². The topological polar surface area (TPSA) is 125 Å². The third-order valence-corrected chi connectivity index (χ3v) is 3.65. The van der Waals surface area contributed by atoms with E-state index >= 15 is 0 Å². The molecule has 120 valence electrons. The number of hydrogen-bond acceptors (Lipinski definition) is 6. The zero-order valence-corrected chi connectivity index (χ0v) is 12.4. The van der Waals surface area contributed by atoms with E-state index in [-0.39, 0.29) is 11.6 Å². The van der Waals surface area contributed by atoms with E-state index in [2.05, 4.69) is 25.9 Å². The molecule has 9 heteroatoms. The van der Waals surface area contributed by atoms with E-state index in [1.165, 1.54) is 12.1 Å². The molecular formula is C14H16N6O3. The number of fused-ring (bicyclic) bond motifs is 1. The van der Waals surface area contributed by atoms with Crippen molar-refractivity contribution in [1.29, 1.82) is 0 Å². The van der Waals surface area contributed by atoms with Crippen molar-refractivity contribution in [2.24, 2.45) is 0 Å². The molecule has 1 aromatic heterocycles. The number of rotatable bonds is 5. The van der Waals surface area contributed by atoms with Gasteiger partial charge in [-0.25, -0.2) is 4.98 Å². The van der Waals surface area contributed by atoms with Gasteiger partial charge >= 0.3 is 0 Å². The summed E-state index contributed by atoms with van der Waals surface area (Å²) >= 11 is 0. The van der Waals surface area contributed by atoms with Crippen molar-refractivity contribution in [2.45, 2.75) is 19.0 Å². The Kier molecular flexibility index (Phi) is 3.94. The number of hydrogen-bond donors (Lipinski definition) is 4. The third kappa shape index (κ3) is 2.99. The number of carbonyl (C=O) groups excluding carboxylic acids is 1. The lowest BCUT2D eigenvalue weighted by atomic mass is 10.0. The minimum absolute atomic E-state index is 0.0527. The number of nitro benzene ring substituents is 1. The van der Waals surface area contributed by atoms with Crippen LogP contribution in [0.5, 0.6) is 0 Å². The van der Waals surface area contributed by atoms with Crippen LogP contribution in [-0.2, 0) is 17.8 Å². The van der Waals surface area contributed by atoms with Gasteiger partial charge in [0.05, 0.1) is 22.6 Å². The molecule has 9 nitrogen and oxygen atoms in total. The smallest absolute Gasteiger partial charge is 0.271 e. The molecule has 0 saturated heterocycles. The zero-order valence-electron chi connectivity index (χ0n) is 12.4. The Morgan fingerprint density at radius 2 is 2.26 bits per heavy atom. The number of non-ortho nitro benzene ring substituents is 1. The standard InChI is InChI=1S/C14H16N6O3/c1-15-5-8-2-10(20(22)23)4-11-13(8)18-12(14(21)19-11)3-9-6-16-7-17-9/h2,4,6-7,12,15,18H,3,5H2,1H3,(H,16,17)(H,19,21). The average molecular weight is 316 g/mol. The molecule has 0 bridgehead atoms. The first-order valence-electron chi connectivity index (χ1n) is 7.09. The summed E-state index contributed by atoms with van der Waals surface area (Å²) in [7, 11) is 1.76. The number of carbonyl (C=O) groups is 1. The summed E-state index contributed by atoms with van der Waals surface area (Å²) in [6.45, 7) is 0.448. The number of benzene rings is 1. The number of imidazole rings is 1. The molecule has 2 aromatic rings. The van der Waals surface area contributed by atoms with E-state index in [1.807, 2.05) is 0 Å². The Hall–Kier alpha value is -2.94. The zero-order chi connectivity index (χ0) is 16.4. The molecule has 4 N–H and O–H groups in total. The Morgan fingerprint density at radius 3 is 2.91 bits per heavy atom. The molecule has 1 atom stereocenters. The van der Waals surface area contributed by atoms with Crippen molar-refractivity contribution >= 4 is 23.0 Å². The van der Waals surface area contributed by atoms with Crippen molar-refractivity contribution in [3.05, 3.63) is 46.0 Å². The van der Waals surface area contributed by atoms with E-state index in [4.69, 9.17) is 0 Å². The van der Waals surface area contributed by atoms with E-state index in [1.54, 1.807) is 19.6 Å². The maximum absolute atomic E-state index is 12.2. The molecule has 23 heavy (non-hydrogen) atoms. The number of aromatic amines is 1. The predicted molar refractivity (Wildman–Crippen MR) is 84.2 cm³/mol. The van der Waals surface area contributed by atoms with Crippen LogP contribution in [0.4, 0.5) is 17.1 Å². The van der Waals surface area contributed by atoms with Gasteiger partial charge in [0.2, 0.25) is 5.91 Å². The van der Waals surface area contributed by atoms with Crippen molar-refractivity contribution in [2.75, 3.05) is 17.7 Å². The SMILES string of the molecule is CNCc1cc([N+](=O)[O-])cc2c1NC(Cc1cnc[nH]1)C(=O)N2. The normalized spacial score (nSPS) is 16.4. The second kappa shape index (κ2) is 6.05. The number of amides is 1. The van der Waals surface area contributed by atoms with Crippen LogP contribution in [0.15, 0.2) is 24.7 Å². The van der Waals surface area contributed by atoms with Crippen LogP contribution in [0.2, 0.25) is 0 Å². The largest absolute Gasteiger partial charge is 0.371 e. The molecule has 1 aliphatic heterocycles. The van der Waals surface area contributed by atoms with Crippen LogP contribution < -0.4 is 16.0 Å². The van der Waals surface area contributed by atoms with Gasteiger partial charge in [0, 0.05) is 37.0 Å². The molecule has 0 fully saturated rings. The highest BCUT2D eigenvalue weighted by atomic mass is 16.6. The summed E-state index contributed by atoms with van der Waals surface area (Å²) in [6, 6.07) is 2.40. The third-order valence-electron chi connectivity index (χ3n) is 3.65. The summed E-state index contributed by atoms with van der Waals surface area (Å²) in [5.74, 6) is -0.233. The van der Waals surface area contributed by atoms with Crippen LogP contribution >= 0.6 is 0 Å². The van der Waals surface area contributed by atoms with Gasteiger partial charge in [0.15, 0.2) is 0 Å². The Labute approximate surface area is 131 Å². The number of anilines is 2. The van der Waals surface area contributed by atoms with Crippen LogP contribution in [0.1, 0.15) is 11.3 Å². The molecule has 0 aliphatic carbocycles. The first-order valence-corrected chi connectivity index (χ1v) is 7.09. The van der Waals surface area contributed by atoms with Gasteiger partial charge in [0.25, 0.3) is 5.69 Å². The molecule has 3 rings (SSSR count). The number of nitrogens with zero attached hydrogens (tertiary/aromatic N) is 2. The molecule has 0 saturated carbocycles. The summed E-state index contributed by atoms with van der Waals surface area (Å²) in [5, 5.41) is 20.0. The molecule has 1 aliphatic rings. The summed E-state index contributed by atoms with van der Waals surface area (Å²) < 4.78 is 0. The molecule has 2 heterocycles. The fourth-order valence-electron chi connectivity index (χ4n) is 2.61. The van der Waals surface area contributed by atoms with Gasteiger partial charge in [-0.2, -0.15) is 0 Å². The summed E-state index contributed by atoms with van der Waals surface area (Å²) in [5.41, 5.74) is 2.64. The van der Waals surface area contributed by atoms with Crippen LogP contribution in [0.25, 0.3) is 0 Å². The molecule has 0 spiro atoms. The Balaban J connectivity index is 1.94. The maximum Gasteiger partial charge on any atom is 0.271 e. The van der Waals surface area contributed by atoms with Crippen LogP contribution in [0, 0.1) is 10.1 Å². The molecule has 1 amide bonds. The van der Waals surface area contributed by atoms with Gasteiger partial charge in [-0.1, -0.05) is 0 Å². The first-order chi connectivity index (χ1) is 11.1. The number of aromatic nitrogens is 2. The Morgan fingerprint density at radius 1 is 1.43 bits per heavy atom. The fourth-order valence-corrected chi connectivity index (χ4v) is 2.61. The van der Waals surface area contributed by atoms with Crippen LogP contribution in [-0.4, -0.2) is 33.9 Å². The number of nitro groups is 1. The predicted octanol–water partition coefficient (Wildman–Crippen LogP) is 1.01. The molecule has 1 aromatic carbocycles. The van der Waals surface area contributed by atoms with Gasteiger partial charge in [-0.15, -0.1) is 0 Å². The summed E-state index contributed by atoms with van der Waals surface area (Å²) in [6.07, 6.45) is 3.66. The minimum Gasteiger partial charge on any atom is -0.371 e. The highest BCUT2D eigenvalue weighted by Gasteiger charge is 2.29. The molecular weight excluding hydrogens is 300 g/mol. The lowest BCUT2D eigenvalue weighted by Crippen LogP contribution is -2.41. The number of H-pyrrole nitrogens is 1. The maximum atomic E-state index is 12.2. The van der Waals surface area contributed by atoms with Crippen molar-refractivity contribution in [1.82, 2.24) is 15.3 Å². The first kappa shape index (κ1) is 15.0. The van der Waals surface area contributed by atoms with Gasteiger partial charge in [-0.3, -0.25) is 14.9 Å². The average Bonchev–Trinajstić information content (AvgIpc) is 3.01. The second-order valence-electron chi connectivity index (χ2n) is 5.28. The Bertz CT molecular complexity index is 743.